The van der Waals surface area contributed by atoms with Gasteiger partial charge in [0.1, 0.15) is 5.82 Å². The van der Waals surface area contributed by atoms with Gasteiger partial charge in [0.25, 0.3) is 0 Å². The maximum Gasteiger partial charge on any atom is 0.123 e. The van der Waals surface area contributed by atoms with E-state index in [2.05, 4.69) is 0 Å². The SMILES string of the molecule is CC.Cc1cc(F)ccc1N(C)C. The predicted octanol–water partition coefficient (Wildman–Crippen LogP) is 3.23. The van der Waals surface area contributed by atoms with Gasteiger partial charge in [-0.25, -0.2) is 4.39 Å². The number of hydrogen-bond donors (Lipinski definition) is 0. The van der Waals surface area contributed by atoms with Gasteiger partial charge in [-0.05, 0) is 30.7 Å². The summed E-state index contributed by atoms with van der Waals surface area (Å²) in [5.74, 6) is -0.173. The van der Waals surface area contributed by atoms with Crippen LogP contribution in [0.25, 0.3) is 0 Å². The topological polar surface area (TPSA) is 3.24 Å². The van der Waals surface area contributed by atoms with E-state index in [-0.39, 0.29) is 5.82 Å². The van der Waals surface area contributed by atoms with Crippen molar-refractivity contribution in [1.29, 1.82) is 0 Å². The average molecular weight is 183 g/mol. The van der Waals surface area contributed by atoms with E-state index in [1.54, 1.807) is 6.07 Å². The summed E-state index contributed by atoms with van der Waals surface area (Å²) in [7, 11) is 3.89. The fourth-order valence-corrected chi connectivity index (χ4v) is 1.12. The van der Waals surface area contributed by atoms with Crippen LogP contribution in [0.15, 0.2) is 18.2 Å². The molecule has 0 aliphatic heterocycles. The highest BCUT2D eigenvalue weighted by Crippen LogP contribution is 2.17. The van der Waals surface area contributed by atoms with Crippen LogP contribution in [-0.4, -0.2) is 14.1 Å². The van der Waals surface area contributed by atoms with Gasteiger partial charge in [-0.2, -0.15) is 0 Å². The van der Waals surface area contributed by atoms with Crippen LogP contribution in [0.4, 0.5) is 10.1 Å². The maximum absolute atomic E-state index is 12.6. The normalized spacial score (nSPS) is 8.77. The van der Waals surface area contributed by atoms with Gasteiger partial charge in [-0.15, -0.1) is 0 Å². The second-order valence-corrected chi connectivity index (χ2v) is 2.83. The molecule has 1 aromatic rings. The lowest BCUT2D eigenvalue weighted by Crippen LogP contribution is -2.10. The van der Waals surface area contributed by atoms with Crippen molar-refractivity contribution in [2.45, 2.75) is 20.8 Å². The molecule has 74 valence electrons. The first kappa shape index (κ1) is 11.9. The summed E-state index contributed by atoms with van der Waals surface area (Å²) in [4.78, 5) is 1.97. The van der Waals surface area contributed by atoms with Crippen LogP contribution in [0.1, 0.15) is 19.4 Å². The van der Waals surface area contributed by atoms with Crippen LogP contribution < -0.4 is 4.90 Å². The molecule has 0 spiro atoms. The van der Waals surface area contributed by atoms with Gasteiger partial charge in [0.05, 0.1) is 0 Å². The second kappa shape index (κ2) is 5.57. The third kappa shape index (κ3) is 3.45. The van der Waals surface area contributed by atoms with E-state index in [1.807, 2.05) is 39.8 Å². The van der Waals surface area contributed by atoms with Gasteiger partial charge in [-0.3, -0.25) is 0 Å². The first-order chi connectivity index (χ1) is 6.11. The van der Waals surface area contributed by atoms with E-state index in [4.69, 9.17) is 0 Å². The lowest BCUT2D eigenvalue weighted by atomic mass is 10.2. The fraction of sp³-hybridized carbons (Fsp3) is 0.455. The Bertz CT molecular complexity index is 256. The molecule has 0 bridgehead atoms. The zero-order chi connectivity index (χ0) is 10.4. The van der Waals surface area contributed by atoms with E-state index >= 15 is 0 Å². The number of benzene rings is 1. The van der Waals surface area contributed by atoms with Crippen LogP contribution in [-0.2, 0) is 0 Å². The Morgan fingerprint density at radius 2 is 1.69 bits per heavy atom. The largest absolute Gasteiger partial charge is 0.377 e. The molecular weight excluding hydrogens is 165 g/mol. The summed E-state index contributed by atoms with van der Waals surface area (Å²) in [6.45, 7) is 5.90. The van der Waals surface area contributed by atoms with E-state index in [0.717, 1.165) is 11.3 Å². The Labute approximate surface area is 80.2 Å². The van der Waals surface area contributed by atoms with Crippen molar-refractivity contribution < 1.29 is 4.39 Å². The molecule has 0 heterocycles. The Hall–Kier alpha value is -1.05. The molecule has 0 saturated carbocycles. The maximum atomic E-state index is 12.6. The molecule has 0 aliphatic carbocycles. The molecule has 0 N–H and O–H groups in total. The molecule has 1 nitrogen and oxygen atoms in total. The second-order valence-electron chi connectivity index (χ2n) is 2.83. The third-order valence-corrected chi connectivity index (χ3v) is 1.64. The summed E-state index contributed by atoms with van der Waals surface area (Å²) in [6.07, 6.45) is 0. The number of halogens is 1. The molecule has 0 unspecified atom stereocenters. The summed E-state index contributed by atoms with van der Waals surface area (Å²) >= 11 is 0. The highest BCUT2D eigenvalue weighted by molar-refractivity contribution is 5.51. The van der Waals surface area contributed by atoms with Crippen LogP contribution >= 0.6 is 0 Å². The van der Waals surface area contributed by atoms with Crippen LogP contribution in [0.5, 0.6) is 0 Å². The average Bonchev–Trinajstić information content (AvgIpc) is 2.07. The number of anilines is 1. The number of nitrogens with zero attached hydrogens (tertiary/aromatic N) is 1. The highest BCUT2D eigenvalue weighted by Gasteiger charge is 1.99. The van der Waals surface area contributed by atoms with Crippen molar-refractivity contribution in [3.63, 3.8) is 0 Å². The van der Waals surface area contributed by atoms with Crippen LogP contribution in [0.2, 0.25) is 0 Å². The summed E-state index contributed by atoms with van der Waals surface area (Å²) < 4.78 is 12.6. The quantitative estimate of drug-likeness (QED) is 0.646. The Morgan fingerprint density at radius 1 is 1.15 bits per heavy atom. The van der Waals surface area contributed by atoms with Crippen molar-refractivity contribution in [2.24, 2.45) is 0 Å². The molecule has 0 amide bonds. The van der Waals surface area contributed by atoms with Crippen molar-refractivity contribution >= 4 is 5.69 Å². The van der Waals surface area contributed by atoms with E-state index < -0.39 is 0 Å². The van der Waals surface area contributed by atoms with Crippen molar-refractivity contribution in [1.82, 2.24) is 0 Å². The summed E-state index contributed by atoms with van der Waals surface area (Å²) in [5, 5.41) is 0. The summed E-state index contributed by atoms with van der Waals surface area (Å²) in [5.41, 5.74) is 2.03. The first-order valence-corrected chi connectivity index (χ1v) is 4.55. The van der Waals surface area contributed by atoms with Gasteiger partial charge in [0, 0.05) is 19.8 Å². The Kier molecular flexibility index (Phi) is 5.12. The molecule has 1 aromatic carbocycles. The minimum absolute atomic E-state index is 0.173. The number of aryl methyl sites for hydroxylation is 1. The summed E-state index contributed by atoms with van der Waals surface area (Å²) in [6, 6.07) is 4.79. The van der Waals surface area contributed by atoms with Crippen LogP contribution in [0, 0.1) is 12.7 Å². The van der Waals surface area contributed by atoms with E-state index in [1.165, 1.54) is 12.1 Å². The van der Waals surface area contributed by atoms with Gasteiger partial charge < -0.3 is 4.90 Å². The molecule has 2 heteroatoms. The lowest BCUT2D eigenvalue weighted by Gasteiger charge is -2.14. The molecule has 0 atom stereocenters. The first-order valence-electron chi connectivity index (χ1n) is 4.55. The van der Waals surface area contributed by atoms with Crippen LogP contribution in [0.3, 0.4) is 0 Å². The fourth-order valence-electron chi connectivity index (χ4n) is 1.12. The number of hydrogen-bond acceptors (Lipinski definition) is 1. The molecule has 1 rings (SSSR count). The van der Waals surface area contributed by atoms with Crippen molar-refractivity contribution in [3.05, 3.63) is 29.6 Å². The molecule has 0 aliphatic rings. The van der Waals surface area contributed by atoms with Gasteiger partial charge in [-0.1, -0.05) is 13.8 Å². The van der Waals surface area contributed by atoms with E-state index in [0.29, 0.717) is 0 Å². The molecule has 0 fully saturated rings. The minimum Gasteiger partial charge on any atom is -0.377 e. The zero-order valence-electron chi connectivity index (χ0n) is 9.06. The van der Waals surface area contributed by atoms with Gasteiger partial charge in [0.2, 0.25) is 0 Å². The lowest BCUT2D eigenvalue weighted by molar-refractivity contribution is 0.626. The predicted molar refractivity (Wildman–Crippen MR) is 56.8 cm³/mol. The number of rotatable bonds is 1. The molecule has 13 heavy (non-hydrogen) atoms. The minimum atomic E-state index is -0.173. The smallest absolute Gasteiger partial charge is 0.123 e. The van der Waals surface area contributed by atoms with Crippen molar-refractivity contribution in [3.8, 4) is 0 Å². The standard InChI is InChI=1S/C9H12FN.C2H6/c1-7-6-8(10)4-5-9(7)11(2)3;1-2/h4-6H,1-3H3;1-2H3. The van der Waals surface area contributed by atoms with Gasteiger partial charge in [0.15, 0.2) is 0 Å². The van der Waals surface area contributed by atoms with Crippen molar-refractivity contribution in [2.75, 3.05) is 19.0 Å². The molecule has 0 aromatic heterocycles. The third-order valence-electron chi connectivity index (χ3n) is 1.64. The zero-order valence-corrected chi connectivity index (χ0v) is 9.06. The molecule has 0 radical (unpaired) electrons. The Morgan fingerprint density at radius 3 is 2.08 bits per heavy atom. The van der Waals surface area contributed by atoms with Gasteiger partial charge >= 0.3 is 0 Å². The molecular formula is C11H18FN. The Balaban J connectivity index is 0.000000671. The van der Waals surface area contributed by atoms with E-state index in [9.17, 15) is 4.39 Å². The highest BCUT2D eigenvalue weighted by atomic mass is 19.1. The molecule has 0 saturated heterocycles. The monoisotopic (exact) mass is 183 g/mol.